The van der Waals surface area contributed by atoms with E-state index in [4.69, 9.17) is 11.6 Å². The van der Waals surface area contributed by atoms with Crippen LogP contribution in [0.2, 0.25) is 5.15 Å². The van der Waals surface area contributed by atoms with E-state index in [0.29, 0.717) is 17.3 Å². The number of aryl methyl sites for hydroxylation is 1. The second kappa shape index (κ2) is 7.70. The number of halogens is 1. The number of allylic oxidation sites excluding steroid dienone is 1. The summed E-state index contributed by atoms with van der Waals surface area (Å²) in [5.41, 5.74) is 3.21. The zero-order chi connectivity index (χ0) is 18.7. The smallest absolute Gasteiger partial charge is 0.189 e. The van der Waals surface area contributed by atoms with Gasteiger partial charge in [0, 0.05) is 17.8 Å². The maximum Gasteiger partial charge on any atom is 0.189 e. The van der Waals surface area contributed by atoms with Crippen LogP contribution in [0.3, 0.4) is 0 Å². The fourth-order valence-corrected chi connectivity index (χ4v) is 2.92. The van der Waals surface area contributed by atoms with Crippen LogP contribution < -0.4 is 0 Å². The van der Waals surface area contributed by atoms with Crippen LogP contribution in [0, 0.1) is 6.92 Å². The van der Waals surface area contributed by atoms with Crippen LogP contribution in [0.1, 0.15) is 47.1 Å². The molecule has 6 heteroatoms. The number of ketones is 1. The maximum absolute atomic E-state index is 12.4. The van der Waals surface area contributed by atoms with Gasteiger partial charge in [-0.15, -0.1) is 0 Å². The SMILES string of the molecule is Cc1nn(Cc2ccccc2)c(Cl)c1/C=C/C(=O)c1cnn(C(C)C)c1. The Hall–Kier alpha value is -2.66. The molecule has 0 saturated carbocycles. The van der Waals surface area contributed by atoms with Crippen molar-refractivity contribution < 1.29 is 4.79 Å². The predicted octanol–water partition coefficient (Wildman–Crippen LogP) is 4.57. The molecule has 0 aliphatic carbocycles. The zero-order valence-corrected chi connectivity index (χ0v) is 15.8. The highest BCUT2D eigenvalue weighted by Gasteiger charge is 2.13. The Labute approximate surface area is 157 Å². The Bertz CT molecular complexity index is 938. The van der Waals surface area contributed by atoms with Gasteiger partial charge in [-0.1, -0.05) is 41.9 Å². The van der Waals surface area contributed by atoms with Gasteiger partial charge in [0.1, 0.15) is 5.15 Å². The van der Waals surface area contributed by atoms with Gasteiger partial charge in [-0.05, 0) is 38.5 Å². The highest BCUT2D eigenvalue weighted by Crippen LogP contribution is 2.22. The average molecular weight is 369 g/mol. The number of benzene rings is 1. The number of carbonyl (C=O) groups is 1. The number of hydrogen-bond acceptors (Lipinski definition) is 3. The lowest BCUT2D eigenvalue weighted by Crippen LogP contribution is -2.01. The van der Waals surface area contributed by atoms with Crippen LogP contribution in [0.5, 0.6) is 0 Å². The number of carbonyl (C=O) groups excluding carboxylic acids is 1. The molecular formula is C20H21ClN4O. The molecule has 0 spiro atoms. The summed E-state index contributed by atoms with van der Waals surface area (Å²) in [4.78, 5) is 12.4. The lowest BCUT2D eigenvalue weighted by molar-refractivity contribution is 0.104. The van der Waals surface area contributed by atoms with Crippen molar-refractivity contribution in [1.29, 1.82) is 0 Å². The fraction of sp³-hybridized carbons (Fsp3) is 0.250. The molecule has 1 aromatic carbocycles. The standard InChI is InChI=1S/C20H21ClN4O/c1-14(2)24-13-17(11-22-24)19(26)10-9-18-15(3)23-25(20(18)21)12-16-7-5-4-6-8-16/h4-11,13-14H,12H2,1-3H3/b10-9+. The molecule has 0 aliphatic rings. The molecule has 0 fully saturated rings. The summed E-state index contributed by atoms with van der Waals surface area (Å²) in [7, 11) is 0. The van der Waals surface area contributed by atoms with Crippen molar-refractivity contribution in [2.24, 2.45) is 0 Å². The van der Waals surface area contributed by atoms with Crippen LogP contribution in [-0.2, 0) is 6.54 Å². The van der Waals surface area contributed by atoms with E-state index in [-0.39, 0.29) is 11.8 Å². The molecule has 134 valence electrons. The molecule has 0 bridgehead atoms. The van der Waals surface area contributed by atoms with Crippen LogP contribution >= 0.6 is 11.6 Å². The van der Waals surface area contributed by atoms with E-state index in [1.54, 1.807) is 27.8 Å². The summed E-state index contributed by atoms with van der Waals surface area (Å²) in [5.74, 6) is -0.108. The first-order valence-corrected chi connectivity index (χ1v) is 8.87. The highest BCUT2D eigenvalue weighted by molar-refractivity contribution is 6.31. The Morgan fingerprint density at radius 2 is 2.00 bits per heavy atom. The molecule has 3 rings (SSSR count). The van der Waals surface area contributed by atoms with Crippen LogP contribution in [0.4, 0.5) is 0 Å². The minimum Gasteiger partial charge on any atom is -0.289 e. The molecule has 0 aliphatic heterocycles. The molecule has 0 N–H and O–H groups in total. The molecule has 5 nitrogen and oxygen atoms in total. The van der Waals surface area contributed by atoms with Gasteiger partial charge in [-0.25, -0.2) is 4.68 Å². The van der Waals surface area contributed by atoms with Gasteiger partial charge >= 0.3 is 0 Å². The lowest BCUT2D eigenvalue weighted by Gasteiger charge is -2.03. The molecule has 0 amide bonds. The van der Waals surface area contributed by atoms with E-state index in [9.17, 15) is 4.79 Å². The van der Waals surface area contributed by atoms with Gasteiger partial charge in [0.25, 0.3) is 0 Å². The number of aromatic nitrogens is 4. The van der Waals surface area contributed by atoms with Gasteiger partial charge < -0.3 is 0 Å². The Balaban J connectivity index is 1.78. The molecule has 2 heterocycles. The molecular weight excluding hydrogens is 348 g/mol. The molecule has 0 saturated heterocycles. The topological polar surface area (TPSA) is 52.7 Å². The lowest BCUT2D eigenvalue weighted by atomic mass is 10.1. The molecule has 26 heavy (non-hydrogen) atoms. The summed E-state index contributed by atoms with van der Waals surface area (Å²) < 4.78 is 3.50. The summed E-state index contributed by atoms with van der Waals surface area (Å²) in [5, 5.41) is 9.21. The Morgan fingerprint density at radius 3 is 2.65 bits per heavy atom. The first-order valence-electron chi connectivity index (χ1n) is 8.49. The van der Waals surface area contributed by atoms with E-state index < -0.39 is 0 Å². The maximum atomic E-state index is 12.4. The minimum absolute atomic E-state index is 0.108. The van der Waals surface area contributed by atoms with Gasteiger partial charge in [-0.2, -0.15) is 10.2 Å². The quantitative estimate of drug-likeness (QED) is 0.473. The predicted molar refractivity (Wildman–Crippen MR) is 103 cm³/mol. The van der Waals surface area contributed by atoms with Crippen LogP contribution in [0.25, 0.3) is 6.08 Å². The molecule has 2 aromatic heterocycles. The van der Waals surface area contributed by atoms with Crippen molar-refractivity contribution in [2.45, 2.75) is 33.4 Å². The second-order valence-electron chi connectivity index (χ2n) is 6.43. The van der Waals surface area contributed by atoms with Crippen molar-refractivity contribution in [2.75, 3.05) is 0 Å². The summed E-state index contributed by atoms with van der Waals surface area (Å²) in [6.45, 7) is 6.50. The third-order valence-electron chi connectivity index (χ3n) is 4.10. The van der Waals surface area contributed by atoms with Gasteiger partial charge in [0.15, 0.2) is 5.78 Å². The molecule has 0 atom stereocenters. The van der Waals surface area contributed by atoms with Gasteiger partial charge in [0.05, 0.1) is 24.0 Å². The zero-order valence-electron chi connectivity index (χ0n) is 15.1. The molecule has 3 aromatic rings. The third-order valence-corrected chi connectivity index (χ3v) is 4.50. The number of nitrogens with zero attached hydrogens (tertiary/aromatic N) is 4. The average Bonchev–Trinajstić information content (AvgIpc) is 3.21. The van der Waals surface area contributed by atoms with Crippen molar-refractivity contribution in [3.8, 4) is 0 Å². The highest BCUT2D eigenvalue weighted by atomic mass is 35.5. The largest absolute Gasteiger partial charge is 0.289 e. The number of hydrogen-bond donors (Lipinski definition) is 0. The van der Waals surface area contributed by atoms with E-state index in [2.05, 4.69) is 10.2 Å². The first-order chi connectivity index (χ1) is 12.5. The van der Waals surface area contributed by atoms with E-state index in [1.165, 1.54) is 6.08 Å². The van der Waals surface area contributed by atoms with E-state index >= 15 is 0 Å². The van der Waals surface area contributed by atoms with Gasteiger partial charge in [0.2, 0.25) is 0 Å². The van der Waals surface area contributed by atoms with Crippen molar-refractivity contribution >= 4 is 23.5 Å². The van der Waals surface area contributed by atoms with E-state index in [1.807, 2.05) is 51.1 Å². The summed E-state index contributed by atoms with van der Waals surface area (Å²) >= 11 is 6.48. The van der Waals surface area contributed by atoms with Crippen LogP contribution in [-0.4, -0.2) is 25.3 Å². The summed E-state index contributed by atoms with van der Waals surface area (Å²) in [6, 6.07) is 10.2. The Morgan fingerprint density at radius 1 is 1.27 bits per heavy atom. The molecule has 0 unspecified atom stereocenters. The minimum atomic E-state index is -0.108. The normalized spacial score (nSPS) is 11.6. The molecule has 0 radical (unpaired) electrons. The van der Waals surface area contributed by atoms with Crippen molar-refractivity contribution in [1.82, 2.24) is 19.6 Å². The Kier molecular flexibility index (Phi) is 5.38. The van der Waals surface area contributed by atoms with Crippen molar-refractivity contribution in [3.63, 3.8) is 0 Å². The third kappa shape index (κ3) is 3.94. The van der Waals surface area contributed by atoms with Crippen molar-refractivity contribution in [3.05, 3.63) is 76.3 Å². The monoisotopic (exact) mass is 368 g/mol. The van der Waals surface area contributed by atoms with Crippen LogP contribution in [0.15, 0.2) is 48.8 Å². The second-order valence-corrected chi connectivity index (χ2v) is 6.79. The fourth-order valence-electron chi connectivity index (χ4n) is 2.62. The number of rotatable bonds is 6. The van der Waals surface area contributed by atoms with Gasteiger partial charge in [-0.3, -0.25) is 9.48 Å². The summed E-state index contributed by atoms with van der Waals surface area (Å²) in [6.07, 6.45) is 6.58. The van der Waals surface area contributed by atoms with E-state index in [0.717, 1.165) is 16.8 Å². The first kappa shape index (κ1) is 18.1.